The van der Waals surface area contributed by atoms with Crippen LogP contribution in [0.25, 0.3) is 0 Å². The summed E-state index contributed by atoms with van der Waals surface area (Å²) in [5.74, 6) is 0. The van der Waals surface area contributed by atoms with E-state index in [4.69, 9.17) is 30.4 Å². The molecule has 0 aromatic carbocycles. The number of ether oxygens (including phenoxy) is 4. The predicted molar refractivity (Wildman–Crippen MR) is 186 cm³/mol. The highest BCUT2D eigenvalue weighted by Gasteiger charge is 2.57. The first-order valence-electron chi connectivity index (χ1n) is 18.7. The Balaban J connectivity index is 6.29. The van der Waals surface area contributed by atoms with E-state index in [1.807, 2.05) is 0 Å². The number of hydrogen-bond donors (Lipinski definition) is 2. The molecule has 0 unspecified atom stereocenters. The molecule has 0 aliphatic rings. The third kappa shape index (κ3) is 13.6. The molecule has 0 heterocycles. The van der Waals surface area contributed by atoms with Gasteiger partial charge in [0, 0.05) is 25.3 Å². The second-order valence-corrected chi connectivity index (χ2v) is 13.1. The third-order valence-corrected chi connectivity index (χ3v) is 10.5. The molecule has 0 aliphatic carbocycles. The first-order chi connectivity index (χ1) is 20.8. The van der Waals surface area contributed by atoms with Crippen molar-refractivity contribution < 1.29 is 18.9 Å². The maximum atomic E-state index is 7.61. The van der Waals surface area contributed by atoms with E-state index in [0.29, 0.717) is 33.0 Å². The second-order valence-electron chi connectivity index (χ2n) is 13.1. The summed E-state index contributed by atoms with van der Waals surface area (Å²) >= 11 is 0. The van der Waals surface area contributed by atoms with E-state index in [0.717, 1.165) is 64.6 Å². The standard InChI is InChI=1S/C37H78N2O4/c1-9-17-19-21-23-25-28-40-31-34(33-42-30-27-38,32-41-29-26-24-22-20-18-10-2)36(13-5,14-6)43-37(15-7,16-8)35(39,11-3)12-4/h9-33,38-39H2,1-8H3. The molecule has 4 N–H and O–H groups in total. The van der Waals surface area contributed by atoms with Gasteiger partial charge in [0.25, 0.3) is 0 Å². The van der Waals surface area contributed by atoms with Gasteiger partial charge in [0.15, 0.2) is 0 Å². The molecule has 0 aromatic rings. The molecule has 43 heavy (non-hydrogen) atoms. The smallest absolute Gasteiger partial charge is 0.0863 e. The minimum atomic E-state index is -0.523. The van der Waals surface area contributed by atoms with E-state index in [9.17, 15) is 0 Å². The van der Waals surface area contributed by atoms with Crippen LogP contribution in [0.3, 0.4) is 0 Å². The molecule has 0 saturated carbocycles. The Morgan fingerprint density at radius 1 is 0.442 bits per heavy atom. The number of hydrogen-bond acceptors (Lipinski definition) is 6. The van der Waals surface area contributed by atoms with Crippen molar-refractivity contribution in [3.05, 3.63) is 0 Å². The summed E-state index contributed by atoms with van der Waals surface area (Å²) in [7, 11) is 0. The van der Waals surface area contributed by atoms with Crippen molar-refractivity contribution in [2.24, 2.45) is 16.9 Å². The molecule has 0 atom stereocenters. The molecule has 0 radical (unpaired) electrons. The molecule has 0 rings (SSSR count). The Morgan fingerprint density at radius 3 is 1.16 bits per heavy atom. The van der Waals surface area contributed by atoms with Crippen LogP contribution in [0.2, 0.25) is 0 Å². The average Bonchev–Trinajstić information content (AvgIpc) is 3.04. The fraction of sp³-hybridized carbons (Fsp3) is 1.00. The average molecular weight is 615 g/mol. The SMILES string of the molecule is CCCCCCCCOCC(COCCN)(COCCCCCCCC)C(CC)(CC)OC(CC)(CC)C(N)(CC)CC. The lowest BCUT2D eigenvalue weighted by atomic mass is 9.67. The van der Waals surface area contributed by atoms with Gasteiger partial charge in [-0.25, -0.2) is 0 Å². The van der Waals surface area contributed by atoms with Gasteiger partial charge >= 0.3 is 0 Å². The van der Waals surface area contributed by atoms with Crippen LogP contribution in [0.5, 0.6) is 0 Å². The Labute approximate surface area is 269 Å². The summed E-state index contributed by atoms with van der Waals surface area (Å²) in [5.41, 5.74) is 11.3. The van der Waals surface area contributed by atoms with Crippen LogP contribution >= 0.6 is 0 Å². The number of rotatable bonds is 32. The van der Waals surface area contributed by atoms with Crippen LogP contribution in [0.1, 0.15) is 171 Å². The van der Waals surface area contributed by atoms with Crippen molar-refractivity contribution in [1.29, 1.82) is 0 Å². The van der Waals surface area contributed by atoms with E-state index >= 15 is 0 Å². The summed E-state index contributed by atoms with van der Waals surface area (Å²) in [5, 5.41) is 0. The van der Waals surface area contributed by atoms with Crippen molar-refractivity contribution in [2.45, 2.75) is 188 Å². The lowest BCUT2D eigenvalue weighted by Crippen LogP contribution is -2.68. The largest absolute Gasteiger partial charge is 0.381 e. The molecule has 0 aliphatic heterocycles. The molecule has 6 heteroatoms. The monoisotopic (exact) mass is 615 g/mol. The van der Waals surface area contributed by atoms with Gasteiger partial charge in [-0.3, -0.25) is 0 Å². The lowest BCUT2D eigenvalue weighted by molar-refractivity contribution is -0.272. The molecular weight excluding hydrogens is 536 g/mol. The van der Waals surface area contributed by atoms with Gasteiger partial charge in [-0.15, -0.1) is 0 Å². The predicted octanol–water partition coefficient (Wildman–Crippen LogP) is 9.35. The van der Waals surface area contributed by atoms with Crippen molar-refractivity contribution in [3.63, 3.8) is 0 Å². The summed E-state index contributed by atoms with van der Waals surface area (Å²) in [4.78, 5) is 0. The van der Waals surface area contributed by atoms with Gasteiger partial charge in [0.2, 0.25) is 0 Å². The summed E-state index contributed by atoms with van der Waals surface area (Å²) in [6.45, 7) is 22.0. The van der Waals surface area contributed by atoms with Crippen LogP contribution in [-0.2, 0) is 18.9 Å². The second kappa shape index (κ2) is 24.9. The molecule has 260 valence electrons. The summed E-state index contributed by atoms with van der Waals surface area (Å²) < 4.78 is 27.1. The van der Waals surface area contributed by atoms with Gasteiger partial charge in [-0.2, -0.15) is 0 Å². The Morgan fingerprint density at radius 2 is 0.814 bits per heavy atom. The van der Waals surface area contributed by atoms with E-state index in [1.165, 1.54) is 64.2 Å². The molecule has 0 amide bonds. The maximum absolute atomic E-state index is 7.61. The zero-order chi connectivity index (χ0) is 32.5. The van der Waals surface area contributed by atoms with Gasteiger partial charge in [-0.1, -0.05) is 120 Å². The molecule has 0 aromatic heterocycles. The normalized spacial score (nSPS) is 13.3. The van der Waals surface area contributed by atoms with Crippen LogP contribution in [0.15, 0.2) is 0 Å². The van der Waals surface area contributed by atoms with E-state index < -0.39 is 22.2 Å². The summed E-state index contributed by atoms with van der Waals surface area (Å²) in [6.07, 6.45) is 20.1. The van der Waals surface area contributed by atoms with Gasteiger partial charge < -0.3 is 30.4 Å². The quantitative estimate of drug-likeness (QED) is 0.0734. The topological polar surface area (TPSA) is 89.0 Å². The minimum absolute atomic E-state index is 0.422. The van der Waals surface area contributed by atoms with Crippen molar-refractivity contribution in [1.82, 2.24) is 0 Å². The van der Waals surface area contributed by atoms with Crippen molar-refractivity contribution >= 4 is 0 Å². The fourth-order valence-corrected chi connectivity index (χ4v) is 7.10. The molecule has 0 fully saturated rings. The highest BCUT2D eigenvalue weighted by Crippen LogP contribution is 2.49. The first-order valence-corrected chi connectivity index (χ1v) is 18.7. The van der Waals surface area contributed by atoms with E-state index in [-0.39, 0.29) is 0 Å². The van der Waals surface area contributed by atoms with Crippen molar-refractivity contribution in [2.75, 3.05) is 46.2 Å². The van der Waals surface area contributed by atoms with E-state index in [1.54, 1.807) is 0 Å². The fourth-order valence-electron chi connectivity index (χ4n) is 7.10. The van der Waals surface area contributed by atoms with Crippen LogP contribution in [0, 0.1) is 5.41 Å². The molecular formula is C37H78N2O4. The zero-order valence-electron chi connectivity index (χ0n) is 30.5. The zero-order valence-corrected chi connectivity index (χ0v) is 30.5. The highest BCUT2D eigenvalue weighted by molar-refractivity contribution is 5.08. The summed E-state index contributed by atoms with van der Waals surface area (Å²) in [6, 6.07) is 0. The van der Waals surface area contributed by atoms with Gasteiger partial charge in [-0.05, 0) is 51.4 Å². The third-order valence-electron chi connectivity index (χ3n) is 10.5. The molecule has 0 spiro atoms. The maximum Gasteiger partial charge on any atom is 0.0863 e. The van der Waals surface area contributed by atoms with Gasteiger partial charge in [0.05, 0.1) is 43.0 Å². The Bertz CT molecular complexity index is 598. The Kier molecular flexibility index (Phi) is 24.8. The number of unbranched alkanes of at least 4 members (excludes halogenated alkanes) is 10. The van der Waals surface area contributed by atoms with Crippen LogP contribution in [-0.4, -0.2) is 62.9 Å². The van der Waals surface area contributed by atoms with Crippen LogP contribution < -0.4 is 11.5 Å². The molecule has 6 nitrogen and oxygen atoms in total. The van der Waals surface area contributed by atoms with Crippen LogP contribution in [0.4, 0.5) is 0 Å². The van der Waals surface area contributed by atoms with Gasteiger partial charge in [0.1, 0.15) is 0 Å². The van der Waals surface area contributed by atoms with Crippen molar-refractivity contribution in [3.8, 4) is 0 Å². The number of nitrogens with two attached hydrogens (primary N) is 2. The molecule has 0 bridgehead atoms. The lowest BCUT2D eigenvalue weighted by Gasteiger charge is -2.57. The first kappa shape index (κ1) is 42.8. The molecule has 0 saturated heterocycles. The highest BCUT2D eigenvalue weighted by atomic mass is 16.5. The Hall–Kier alpha value is -0.240. The minimum Gasteiger partial charge on any atom is -0.381 e. The van der Waals surface area contributed by atoms with E-state index in [2.05, 4.69) is 55.4 Å².